The van der Waals surface area contributed by atoms with Crippen LogP contribution in [0.4, 0.5) is 0 Å². The number of rotatable bonds is 7. The maximum atomic E-state index is 12.5. The molecule has 2 heterocycles. The minimum atomic E-state index is -0.172. The van der Waals surface area contributed by atoms with Crippen LogP contribution in [-0.2, 0) is 17.8 Å². The maximum Gasteiger partial charge on any atom is 0.258 e. The molecule has 2 aromatic heterocycles. The van der Waals surface area contributed by atoms with E-state index in [1.165, 1.54) is 0 Å². The Hall–Kier alpha value is -2.73. The highest BCUT2D eigenvalue weighted by atomic mass is 32.1. The van der Waals surface area contributed by atoms with E-state index in [2.05, 4.69) is 16.5 Å². The summed E-state index contributed by atoms with van der Waals surface area (Å²) in [5, 5.41) is 2.55. The number of nitrogens with one attached hydrogen (secondary N) is 1. The predicted molar refractivity (Wildman–Crippen MR) is 101 cm³/mol. The van der Waals surface area contributed by atoms with Crippen molar-refractivity contribution in [3.8, 4) is 0 Å². The summed E-state index contributed by atoms with van der Waals surface area (Å²) in [6.45, 7) is 4.80. The molecule has 0 unspecified atom stereocenters. The number of aromatic amines is 1. The number of hydrogen-bond acceptors (Lipinski definition) is 4. The van der Waals surface area contributed by atoms with E-state index in [1.807, 2.05) is 23.6 Å². The molecular weight excluding hydrogens is 334 g/mol. The second-order valence-corrected chi connectivity index (χ2v) is 6.70. The third-order valence-electron chi connectivity index (χ3n) is 3.87. The van der Waals surface area contributed by atoms with Gasteiger partial charge in [-0.15, -0.1) is 17.9 Å². The first-order chi connectivity index (χ1) is 12.2. The Bertz CT molecular complexity index is 931. The summed E-state index contributed by atoms with van der Waals surface area (Å²) in [5.41, 5.74) is 0.477. The lowest BCUT2D eigenvalue weighted by atomic mass is 10.2. The van der Waals surface area contributed by atoms with Crippen LogP contribution in [0.5, 0.6) is 0 Å². The highest BCUT2D eigenvalue weighted by Gasteiger charge is 2.14. The van der Waals surface area contributed by atoms with Gasteiger partial charge in [-0.05, 0) is 23.6 Å². The average molecular weight is 353 g/mol. The van der Waals surface area contributed by atoms with Crippen LogP contribution in [0.1, 0.15) is 17.1 Å². The lowest BCUT2D eigenvalue weighted by molar-refractivity contribution is -0.131. The molecule has 25 heavy (non-hydrogen) atoms. The zero-order valence-corrected chi connectivity index (χ0v) is 14.6. The van der Waals surface area contributed by atoms with Crippen molar-refractivity contribution in [2.45, 2.75) is 19.4 Å². The summed E-state index contributed by atoms with van der Waals surface area (Å²) < 4.78 is 0. The van der Waals surface area contributed by atoms with Gasteiger partial charge in [0, 0.05) is 24.3 Å². The molecular formula is C19H19N3O2S. The highest BCUT2D eigenvalue weighted by molar-refractivity contribution is 7.09. The lowest BCUT2D eigenvalue weighted by Gasteiger charge is -2.20. The first-order valence-electron chi connectivity index (χ1n) is 8.06. The topological polar surface area (TPSA) is 66.1 Å². The summed E-state index contributed by atoms with van der Waals surface area (Å²) >= 11 is 1.62. The largest absolute Gasteiger partial charge is 0.334 e. The molecule has 5 nitrogen and oxygen atoms in total. The molecule has 0 aliphatic rings. The SMILES string of the molecule is C=CCN(Cc1cccs1)C(=O)CCc1nc2ccccc2c(=O)[nH]1. The number of amides is 1. The van der Waals surface area contributed by atoms with Crippen LogP contribution in [0.25, 0.3) is 10.9 Å². The van der Waals surface area contributed by atoms with Gasteiger partial charge in [0.15, 0.2) is 0 Å². The van der Waals surface area contributed by atoms with Gasteiger partial charge in [0.1, 0.15) is 5.82 Å². The van der Waals surface area contributed by atoms with E-state index in [-0.39, 0.29) is 11.5 Å². The van der Waals surface area contributed by atoms with Crippen molar-refractivity contribution in [3.05, 3.63) is 75.5 Å². The summed E-state index contributed by atoms with van der Waals surface area (Å²) in [6.07, 6.45) is 2.42. The minimum Gasteiger partial charge on any atom is -0.334 e. The molecule has 0 radical (unpaired) electrons. The van der Waals surface area contributed by atoms with Gasteiger partial charge in [-0.2, -0.15) is 0 Å². The van der Waals surface area contributed by atoms with Crippen molar-refractivity contribution >= 4 is 28.1 Å². The molecule has 0 aliphatic heterocycles. The monoisotopic (exact) mass is 353 g/mol. The summed E-state index contributed by atoms with van der Waals surface area (Å²) in [4.78, 5) is 34.7. The van der Waals surface area contributed by atoms with E-state index in [1.54, 1.807) is 40.5 Å². The fraction of sp³-hybridized carbons (Fsp3) is 0.211. The predicted octanol–water partition coefficient (Wildman–Crippen LogP) is 3.13. The van der Waals surface area contributed by atoms with Crippen LogP contribution in [0.15, 0.2) is 59.2 Å². The molecule has 0 saturated carbocycles. The zero-order chi connectivity index (χ0) is 17.6. The molecule has 0 atom stereocenters. The Balaban J connectivity index is 1.69. The summed E-state index contributed by atoms with van der Waals surface area (Å²) in [5.74, 6) is 0.552. The van der Waals surface area contributed by atoms with E-state index in [0.29, 0.717) is 42.7 Å². The highest BCUT2D eigenvalue weighted by Crippen LogP contribution is 2.13. The average Bonchev–Trinajstić information content (AvgIpc) is 3.12. The third kappa shape index (κ3) is 4.22. The number of benzene rings is 1. The van der Waals surface area contributed by atoms with Crippen LogP contribution in [0.3, 0.4) is 0 Å². The normalized spacial score (nSPS) is 10.7. The van der Waals surface area contributed by atoms with Crippen molar-refractivity contribution in [2.75, 3.05) is 6.54 Å². The fourth-order valence-electron chi connectivity index (χ4n) is 2.64. The van der Waals surface area contributed by atoms with Crippen molar-refractivity contribution in [2.24, 2.45) is 0 Å². The van der Waals surface area contributed by atoms with Crippen LogP contribution >= 0.6 is 11.3 Å². The number of para-hydroxylation sites is 1. The maximum absolute atomic E-state index is 12.5. The Labute approximate surface area is 149 Å². The Morgan fingerprint density at radius 3 is 2.88 bits per heavy atom. The summed E-state index contributed by atoms with van der Waals surface area (Å²) in [7, 11) is 0. The molecule has 3 aromatic rings. The van der Waals surface area contributed by atoms with Gasteiger partial charge in [-0.3, -0.25) is 9.59 Å². The van der Waals surface area contributed by atoms with Gasteiger partial charge in [-0.1, -0.05) is 24.3 Å². The fourth-order valence-corrected chi connectivity index (χ4v) is 3.36. The summed E-state index contributed by atoms with van der Waals surface area (Å²) in [6, 6.07) is 11.2. The number of carbonyl (C=O) groups excluding carboxylic acids is 1. The number of thiophene rings is 1. The number of fused-ring (bicyclic) bond motifs is 1. The third-order valence-corrected chi connectivity index (χ3v) is 4.73. The van der Waals surface area contributed by atoms with Crippen LogP contribution in [-0.4, -0.2) is 27.3 Å². The molecule has 1 N–H and O–H groups in total. The first-order valence-corrected chi connectivity index (χ1v) is 8.94. The molecule has 0 spiro atoms. The molecule has 0 bridgehead atoms. The molecule has 1 aromatic carbocycles. The second-order valence-electron chi connectivity index (χ2n) is 5.67. The van der Waals surface area contributed by atoms with E-state index < -0.39 is 0 Å². The lowest BCUT2D eigenvalue weighted by Crippen LogP contribution is -2.30. The van der Waals surface area contributed by atoms with Crippen molar-refractivity contribution in [3.63, 3.8) is 0 Å². The van der Waals surface area contributed by atoms with Gasteiger partial charge in [-0.25, -0.2) is 4.98 Å². The first kappa shape index (κ1) is 17.1. The van der Waals surface area contributed by atoms with Gasteiger partial charge < -0.3 is 9.88 Å². The molecule has 3 rings (SSSR count). The van der Waals surface area contributed by atoms with Crippen molar-refractivity contribution in [1.82, 2.24) is 14.9 Å². The molecule has 0 fully saturated rings. The quantitative estimate of drug-likeness (QED) is 0.664. The number of aromatic nitrogens is 2. The van der Waals surface area contributed by atoms with E-state index in [9.17, 15) is 9.59 Å². The number of nitrogens with zero attached hydrogens (tertiary/aromatic N) is 2. The van der Waals surface area contributed by atoms with Crippen LogP contribution < -0.4 is 5.56 Å². The van der Waals surface area contributed by atoms with Gasteiger partial charge in [0.25, 0.3) is 5.56 Å². The standard InChI is InChI=1S/C19H19N3O2S/c1-2-11-22(13-14-6-5-12-25-14)18(23)10-9-17-20-16-8-4-3-7-15(16)19(24)21-17/h2-8,12H,1,9-11,13H2,(H,20,21,24). The van der Waals surface area contributed by atoms with Crippen molar-refractivity contribution in [1.29, 1.82) is 0 Å². The molecule has 128 valence electrons. The van der Waals surface area contributed by atoms with E-state index in [4.69, 9.17) is 0 Å². The smallest absolute Gasteiger partial charge is 0.258 e. The molecule has 0 aliphatic carbocycles. The van der Waals surface area contributed by atoms with Gasteiger partial charge in [0.05, 0.1) is 17.4 Å². The van der Waals surface area contributed by atoms with Gasteiger partial charge >= 0.3 is 0 Å². The zero-order valence-electron chi connectivity index (χ0n) is 13.8. The van der Waals surface area contributed by atoms with Crippen molar-refractivity contribution < 1.29 is 4.79 Å². The van der Waals surface area contributed by atoms with E-state index >= 15 is 0 Å². The molecule has 0 saturated heterocycles. The number of aryl methyl sites for hydroxylation is 1. The number of hydrogen-bond donors (Lipinski definition) is 1. The van der Waals surface area contributed by atoms with Gasteiger partial charge in [0.2, 0.25) is 5.91 Å². The van der Waals surface area contributed by atoms with E-state index in [0.717, 1.165) is 4.88 Å². The minimum absolute atomic E-state index is 0.0177. The molecule has 6 heteroatoms. The Kier molecular flexibility index (Phi) is 5.40. The Morgan fingerprint density at radius 1 is 1.28 bits per heavy atom. The van der Waals surface area contributed by atoms with Crippen LogP contribution in [0, 0.1) is 0 Å². The van der Waals surface area contributed by atoms with Crippen LogP contribution in [0.2, 0.25) is 0 Å². The second kappa shape index (κ2) is 7.90. The number of carbonyl (C=O) groups is 1. The Morgan fingerprint density at radius 2 is 2.12 bits per heavy atom. The number of H-pyrrole nitrogens is 1. The molecule has 1 amide bonds.